The van der Waals surface area contributed by atoms with Crippen LogP contribution in [0.15, 0.2) is 78.9 Å². The van der Waals surface area contributed by atoms with E-state index in [1.54, 1.807) is 12.1 Å². The number of rotatable bonds is 5. The zero-order valence-corrected chi connectivity index (χ0v) is 17.9. The monoisotopic (exact) mass is 472 g/mol. The molecule has 0 radical (unpaired) electrons. The van der Waals surface area contributed by atoms with Crippen molar-refractivity contribution >= 4 is 0 Å². The lowest BCUT2D eigenvalue weighted by atomic mass is 9.96. The molecule has 0 amide bonds. The van der Waals surface area contributed by atoms with Crippen molar-refractivity contribution in [2.45, 2.75) is 19.7 Å². The van der Waals surface area contributed by atoms with Crippen molar-refractivity contribution in [2.24, 2.45) is 0 Å². The molecule has 0 aromatic heterocycles. The lowest BCUT2D eigenvalue weighted by Gasteiger charge is -2.12. The van der Waals surface area contributed by atoms with Gasteiger partial charge in [-0.3, -0.25) is 0 Å². The first-order valence-corrected chi connectivity index (χ1v) is 10.4. The van der Waals surface area contributed by atoms with E-state index in [2.05, 4.69) is 11.7 Å². The summed E-state index contributed by atoms with van der Waals surface area (Å²) in [5, 5.41) is 0. The van der Waals surface area contributed by atoms with Gasteiger partial charge >= 0.3 is 6.36 Å². The largest absolute Gasteiger partial charge is 0.573 e. The molecule has 0 heterocycles. The van der Waals surface area contributed by atoms with Crippen LogP contribution in [0, 0.1) is 17.5 Å². The predicted octanol–water partition coefficient (Wildman–Crippen LogP) is 8.57. The third-order valence-corrected chi connectivity index (χ3v) is 5.40. The smallest absolute Gasteiger partial charge is 0.403 e. The third-order valence-electron chi connectivity index (χ3n) is 5.40. The first-order valence-electron chi connectivity index (χ1n) is 10.4. The van der Waals surface area contributed by atoms with Gasteiger partial charge in [-0.15, -0.1) is 13.2 Å². The lowest BCUT2D eigenvalue weighted by molar-refractivity contribution is -0.275. The van der Waals surface area contributed by atoms with Crippen LogP contribution >= 0.6 is 0 Å². The molecule has 7 heteroatoms. The Morgan fingerprint density at radius 2 is 1.03 bits per heavy atom. The van der Waals surface area contributed by atoms with Crippen molar-refractivity contribution in [3.05, 3.63) is 102 Å². The molecule has 34 heavy (non-hydrogen) atoms. The molecule has 1 nitrogen and oxygen atoms in total. The van der Waals surface area contributed by atoms with Crippen molar-refractivity contribution in [3.63, 3.8) is 0 Å². The van der Waals surface area contributed by atoms with E-state index in [-0.39, 0.29) is 11.1 Å². The van der Waals surface area contributed by atoms with Gasteiger partial charge in [-0.2, -0.15) is 0 Å². The molecule has 0 saturated heterocycles. The third kappa shape index (κ3) is 5.09. The topological polar surface area (TPSA) is 9.23 Å². The summed E-state index contributed by atoms with van der Waals surface area (Å²) in [6, 6.07) is 19.7. The van der Waals surface area contributed by atoms with E-state index in [1.807, 2.05) is 36.4 Å². The number of alkyl halides is 3. The highest BCUT2D eigenvalue weighted by Crippen LogP contribution is 2.35. The van der Waals surface area contributed by atoms with Crippen molar-refractivity contribution in [3.8, 4) is 39.1 Å². The Hall–Kier alpha value is -3.74. The predicted molar refractivity (Wildman–Crippen MR) is 119 cm³/mol. The van der Waals surface area contributed by atoms with E-state index in [4.69, 9.17) is 0 Å². The van der Waals surface area contributed by atoms with E-state index in [0.29, 0.717) is 17.7 Å². The van der Waals surface area contributed by atoms with Crippen LogP contribution in [0.3, 0.4) is 0 Å². The molecule has 0 unspecified atom stereocenters. The minimum absolute atomic E-state index is 0.251. The minimum Gasteiger partial charge on any atom is -0.403 e. The van der Waals surface area contributed by atoms with Crippen LogP contribution in [0.25, 0.3) is 33.4 Å². The summed E-state index contributed by atoms with van der Waals surface area (Å²) in [7, 11) is 0. The number of hydrogen-bond acceptors (Lipinski definition) is 1. The highest BCUT2D eigenvalue weighted by atomic mass is 19.4. The fourth-order valence-electron chi connectivity index (χ4n) is 3.67. The van der Waals surface area contributed by atoms with Gasteiger partial charge in [0.05, 0.1) is 5.56 Å². The fourth-order valence-corrected chi connectivity index (χ4v) is 3.67. The van der Waals surface area contributed by atoms with E-state index >= 15 is 0 Å². The molecule has 0 aliphatic heterocycles. The van der Waals surface area contributed by atoms with Gasteiger partial charge in [0.15, 0.2) is 11.6 Å². The van der Waals surface area contributed by atoms with Crippen LogP contribution in [0.1, 0.15) is 12.5 Å². The number of halogens is 6. The maximum Gasteiger partial charge on any atom is 0.573 e. The van der Waals surface area contributed by atoms with Gasteiger partial charge in [0.25, 0.3) is 0 Å². The SMILES string of the molecule is CCc1ccc(-c2ccc(-c3cc(F)c(-c4ccc(OC(F)(F)F)c(F)c4)c(F)c3)cc2)cc1. The van der Waals surface area contributed by atoms with Gasteiger partial charge in [0.1, 0.15) is 11.6 Å². The second kappa shape index (κ2) is 9.25. The second-order valence-electron chi connectivity index (χ2n) is 7.64. The summed E-state index contributed by atoms with van der Waals surface area (Å²) in [6.07, 6.45) is -4.15. The van der Waals surface area contributed by atoms with Crippen molar-refractivity contribution in [1.29, 1.82) is 0 Å². The van der Waals surface area contributed by atoms with Gasteiger partial charge in [-0.25, -0.2) is 13.2 Å². The Balaban J connectivity index is 1.62. The molecule has 0 aliphatic carbocycles. The van der Waals surface area contributed by atoms with Crippen LogP contribution in [0.5, 0.6) is 5.75 Å². The Labute approximate surface area is 192 Å². The molecule has 0 fully saturated rings. The molecule has 0 spiro atoms. The van der Waals surface area contributed by atoms with Gasteiger partial charge in [-0.05, 0) is 64.1 Å². The maximum atomic E-state index is 14.8. The van der Waals surface area contributed by atoms with Crippen molar-refractivity contribution in [1.82, 2.24) is 0 Å². The first kappa shape index (κ1) is 23.4. The van der Waals surface area contributed by atoms with E-state index in [1.165, 1.54) is 5.56 Å². The molecule has 0 atom stereocenters. The van der Waals surface area contributed by atoms with Crippen molar-refractivity contribution in [2.75, 3.05) is 0 Å². The molecule has 0 N–H and O–H groups in total. The van der Waals surface area contributed by atoms with Crippen LogP contribution in [-0.2, 0) is 6.42 Å². The number of hydrogen-bond donors (Lipinski definition) is 0. The summed E-state index contributed by atoms with van der Waals surface area (Å²) in [5.41, 5.74) is 3.21. The minimum atomic E-state index is -5.09. The number of ether oxygens (including phenoxy) is 1. The Morgan fingerprint density at radius 3 is 1.50 bits per heavy atom. The first-order chi connectivity index (χ1) is 16.1. The van der Waals surface area contributed by atoms with Crippen LogP contribution < -0.4 is 4.74 Å². The Kier molecular flexibility index (Phi) is 6.37. The van der Waals surface area contributed by atoms with Crippen molar-refractivity contribution < 1.29 is 31.1 Å². The molecule has 4 aromatic rings. The number of aryl methyl sites for hydroxylation is 1. The average molecular weight is 472 g/mol. The van der Waals surface area contributed by atoms with Crippen LogP contribution in [0.4, 0.5) is 26.3 Å². The molecule has 0 bridgehead atoms. The van der Waals surface area contributed by atoms with Gasteiger partial charge < -0.3 is 4.74 Å². The van der Waals surface area contributed by atoms with Gasteiger partial charge in [-0.1, -0.05) is 61.5 Å². The Morgan fingerprint density at radius 1 is 0.588 bits per heavy atom. The Bertz CT molecular complexity index is 1290. The number of benzene rings is 4. The fraction of sp³-hybridized carbons (Fsp3) is 0.111. The van der Waals surface area contributed by atoms with E-state index < -0.39 is 35.1 Å². The standard InChI is InChI=1S/C27H18F6O/c1-2-16-3-5-17(6-4-16)18-7-9-19(10-8-18)21-14-23(29)26(24(30)15-21)20-11-12-25(22(28)13-20)34-27(31,32)33/h3-15H,2H2,1H3. The van der Waals surface area contributed by atoms with E-state index in [9.17, 15) is 26.3 Å². The zero-order chi connectivity index (χ0) is 24.5. The molecular weight excluding hydrogens is 454 g/mol. The highest BCUT2D eigenvalue weighted by molar-refractivity contribution is 5.74. The highest BCUT2D eigenvalue weighted by Gasteiger charge is 2.32. The summed E-state index contributed by atoms with van der Waals surface area (Å²) in [4.78, 5) is 0. The molecule has 4 aromatic carbocycles. The second-order valence-corrected chi connectivity index (χ2v) is 7.64. The summed E-state index contributed by atoms with van der Waals surface area (Å²) >= 11 is 0. The zero-order valence-electron chi connectivity index (χ0n) is 17.9. The van der Waals surface area contributed by atoms with E-state index in [0.717, 1.165) is 35.7 Å². The van der Waals surface area contributed by atoms with Crippen LogP contribution in [-0.4, -0.2) is 6.36 Å². The van der Waals surface area contributed by atoms with Crippen LogP contribution in [0.2, 0.25) is 0 Å². The summed E-state index contributed by atoms with van der Waals surface area (Å²) < 4.78 is 84.2. The molecule has 0 aliphatic rings. The summed E-state index contributed by atoms with van der Waals surface area (Å²) in [6.45, 7) is 2.07. The maximum absolute atomic E-state index is 14.8. The molecule has 174 valence electrons. The molecule has 4 rings (SSSR count). The normalized spacial score (nSPS) is 11.5. The quantitative estimate of drug-likeness (QED) is 0.264. The lowest BCUT2D eigenvalue weighted by Crippen LogP contribution is -2.17. The van der Waals surface area contributed by atoms with Gasteiger partial charge in [0, 0.05) is 0 Å². The summed E-state index contributed by atoms with van der Waals surface area (Å²) in [5.74, 6) is -4.42. The molecule has 0 saturated carbocycles. The average Bonchev–Trinajstić information content (AvgIpc) is 2.80. The molecular formula is C27H18F6O. The van der Waals surface area contributed by atoms with Gasteiger partial charge in [0.2, 0.25) is 0 Å².